The van der Waals surface area contributed by atoms with Gasteiger partial charge in [-0.2, -0.15) is 5.26 Å². The van der Waals surface area contributed by atoms with Gasteiger partial charge >= 0.3 is 0 Å². The van der Waals surface area contributed by atoms with Gasteiger partial charge in [0.1, 0.15) is 12.3 Å². The van der Waals surface area contributed by atoms with Crippen molar-refractivity contribution in [1.82, 2.24) is 15.5 Å². The lowest BCUT2D eigenvalue weighted by Crippen LogP contribution is -2.52. The number of ether oxygens (including phenoxy) is 1. The van der Waals surface area contributed by atoms with E-state index < -0.39 is 12.6 Å². The first kappa shape index (κ1) is 20.7. The van der Waals surface area contributed by atoms with Crippen LogP contribution >= 0.6 is 23.2 Å². The summed E-state index contributed by atoms with van der Waals surface area (Å²) in [6.45, 7) is 0. The molecule has 0 radical (unpaired) electrons. The van der Waals surface area contributed by atoms with E-state index in [0.29, 0.717) is 11.3 Å². The summed E-state index contributed by atoms with van der Waals surface area (Å²) in [5.41, 5.74) is 0.745. The summed E-state index contributed by atoms with van der Waals surface area (Å²) in [5, 5.41) is 38.0. The number of halogens is 2. The van der Waals surface area contributed by atoms with Crippen molar-refractivity contribution < 1.29 is 14.9 Å². The SMILES string of the molecule is N#CC1=CN(c2cc(Cl)c(Oc3cc(C4CCC4)c(=O)[nH]n3)c(Cl)c2)C(O)NC1O. The Balaban J connectivity index is 1.63. The number of nitrogens with one attached hydrogen (secondary N) is 2. The second-order valence-corrected chi connectivity index (χ2v) is 7.82. The van der Waals surface area contributed by atoms with Crippen LogP contribution in [-0.4, -0.2) is 33.0 Å². The van der Waals surface area contributed by atoms with Crippen LogP contribution in [0.15, 0.2) is 34.8 Å². The van der Waals surface area contributed by atoms with Crippen LogP contribution in [0.3, 0.4) is 0 Å². The van der Waals surface area contributed by atoms with Gasteiger partial charge in [0, 0.05) is 23.5 Å². The third-order valence-electron chi connectivity index (χ3n) is 5.11. The maximum Gasteiger partial charge on any atom is 0.267 e. The second kappa shape index (κ2) is 8.26. The van der Waals surface area contributed by atoms with E-state index in [9.17, 15) is 15.0 Å². The van der Waals surface area contributed by atoms with Gasteiger partial charge in [0.05, 0.1) is 15.6 Å². The minimum absolute atomic E-state index is 0.00818. The van der Waals surface area contributed by atoms with Crippen LogP contribution in [0.4, 0.5) is 5.69 Å². The zero-order chi connectivity index (χ0) is 21.4. The van der Waals surface area contributed by atoms with Crippen molar-refractivity contribution >= 4 is 28.9 Å². The van der Waals surface area contributed by atoms with E-state index in [1.165, 1.54) is 23.2 Å². The van der Waals surface area contributed by atoms with E-state index in [1.54, 1.807) is 6.07 Å². The average molecular weight is 450 g/mol. The molecule has 0 spiro atoms. The van der Waals surface area contributed by atoms with E-state index in [2.05, 4.69) is 15.5 Å². The van der Waals surface area contributed by atoms with Gasteiger partial charge in [-0.1, -0.05) is 29.6 Å². The first-order valence-corrected chi connectivity index (χ1v) is 9.92. The van der Waals surface area contributed by atoms with Crippen LogP contribution < -0.4 is 20.5 Å². The standard InChI is InChI=1S/C19H17Cl2N5O4/c20-13-4-11(26-8-10(7-22)17(27)23-19(26)29)5-14(21)16(13)30-15-6-12(9-2-1-3-9)18(28)25-24-15/h4-6,8-9,17,19,23,27,29H,1-3H2,(H,25,28). The van der Waals surface area contributed by atoms with Gasteiger partial charge in [-0.25, -0.2) is 10.4 Å². The monoisotopic (exact) mass is 449 g/mol. The fraction of sp³-hybridized carbons (Fsp3) is 0.316. The summed E-state index contributed by atoms with van der Waals surface area (Å²) >= 11 is 12.7. The lowest BCUT2D eigenvalue weighted by Gasteiger charge is -2.33. The van der Waals surface area contributed by atoms with Crippen molar-refractivity contribution in [2.75, 3.05) is 4.90 Å². The smallest absolute Gasteiger partial charge is 0.267 e. The number of hydrogen-bond donors (Lipinski definition) is 4. The van der Waals surface area contributed by atoms with Crippen molar-refractivity contribution in [3.63, 3.8) is 0 Å². The highest BCUT2D eigenvalue weighted by Gasteiger charge is 2.28. The molecule has 30 heavy (non-hydrogen) atoms. The molecule has 4 rings (SSSR count). The molecule has 4 N–H and O–H groups in total. The number of aromatic nitrogens is 2. The Morgan fingerprint density at radius 1 is 1.23 bits per heavy atom. The maximum absolute atomic E-state index is 12.0. The fourth-order valence-electron chi connectivity index (χ4n) is 3.28. The molecule has 2 aliphatic rings. The minimum Gasteiger partial charge on any atom is -0.434 e. The molecule has 0 saturated heterocycles. The second-order valence-electron chi connectivity index (χ2n) is 7.01. The summed E-state index contributed by atoms with van der Waals surface area (Å²) in [7, 11) is 0. The number of aliphatic hydroxyl groups excluding tert-OH is 2. The number of aliphatic hydroxyl groups is 2. The molecule has 1 saturated carbocycles. The van der Waals surface area contributed by atoms with Gasteiger partial charge in [-0.05, 0) is 30.9 Å². The fourth-order valence-corrected chi connectivity index (χ4v) is 3.83. The molecule has 1 fully saturated rings. The van der Waals surface area contributed by atoms with Gasteiger partial charge in [0.25, 0.3) is 5.56 Å². The molecule has 11 heteroatoms. The van der Waals surface area contributed by atoms with Crippen LogP contribution in [0.25, 0.3) is 0 Å². The zero-order valence-electron chi connectivity index (χ0n) is 15.5. The van der Waals surface area contributed by atoms with E-state index in [0.717, 1.165) is 19.3 Å². The Labute approximate surface area is 181 Å². The zero-order valence-corrected chi connectivity index (χ0v) is 17.0. The average Bonchev–Trinajstić information content (AvgIpc) is 2.65. The molecular formula is C19H17Cl2N5O4. The molecule has 156 valence electrons. The quantitative estimate of drug-likeness (QED) is 0.559. The van der Waals surface area contributed by atoms with Crippen LogP contribution in [0.2, 0.25) is 10.0 Å². The lowest BCUT2D eigenvalue weighted by molar-refractivity contribution is 0.0567. The van der Waals surface area contributed by atoms with Crippen LogP contribution in [0.1, 0.15) is 30.7 Å². The summed E-state index contributed by atoms with van der Waals surface area (Å²) in [6, 6.07) is 6.39. The number of nitriles is 1. The molecule has 1 aromatic heterocycles. The topological polar surface area (TPSA) is 134 Å². The Morgan fingerprint density at radius 2 is 1.93 bits per heavy atom. The first-order chi connectivity index (χ1) is 14.4. The van der Waals surface area contributed by atoms with Gasteiger partial charge in [-0.3, -0.25) is 4.79 Å². The Kier molecular flexibility index (Phi) is 5.69. The Morgan fingerprint density at radius 3 is 2.53 bits per heavy atom. The highest BCUT2D eigenvalue weighted by Crippen LogP contribution is 2.41. The largest absolute Gasteiger partial charge is 0.434 e. The summed E-state index contributed by atoms with van der Waals surface area (Å²) in [5.74, 6) is 0.477. The molecule has 2 heterocycles. The lowest BCUT2D eigenvalue weighted by atomic mass is 9.81. The number of rotatable bonds is 4. The van der Waals surface area contributed by atoms with Gasteiger partial charge in [0.2, 0.25) is 5.88 Å². The molecule has 2 unspecified atom stereocenters. The summed E-state index contributed by atoms with van der Waals surface area (Å²) in [4.78, 5) is 13.3. The third kappa shape index (κ3) is 3.88. The summed E-state index contributed by atoms with van der Waals surface area (Å²) < 4.78 is 5.73. The minimum atomic E-state index is -1.30. The maximum atomic E-state index is 12.0. The van der Waals surface area contributed by atoms with E-state index in [-0.39, 0.29) is 38.7 Å². The summed E-state index contributed by atoms with van der Waals surface area (Å²) in [6.07, 6.45) is 1.68. The van der Waals surface area contributed by atoms with E-state index >= 15 is 0 Å². The molecule has 9 nitrogen and oxygen atoms in total. The highest BCUT2D eigenvalue weighted by atomic mass is 35.5. The third-order valence-corrected chi connectivity index (χ3v) is 5.68. The van der Waals surface area contributed by atoms with Gasteiger partial charge in [0.15, 0.2) is 12.1 Å². The molecule has 0 amide bonds. The van der Waals surface area contributed by atoms with Crippen LogP contribution in [0.5, 0.6) is 11.6 Å². The predicted molar refractivity (Wildman–Crippen MR) is 109 cm³/mol. The normalized spacial score (nSPS) is 21.6. The van der Waals surface area contributed by atoms with E-state index in [1.807, 2.05) is 6.07 Å². The van der Waals surface area contributed by atoms with Crippen LogP contribution in [0, 0.1) is 11.3 Å². The number of anilines is 1. The van der Waals surface area contributed by atoms with Crippen molar-refractivity contribution in [3.8, 4) is 17.7 Å². The van der Waals surface area contributed by atoms with Gasteiger partial charge in [-0.15, -0.1) is 5.10 Å². The van der Waals surface area contributed by atoms with E-state index in [4.69, 9.17) is 33.2 Å². The number of H-pyrrole nitrogens is 1. The molecule has 0 bridgehead atoms. The van der Waals surface area contributed by atoms with Crippen molar-refractivity contribution in [2.45, 2.75) is 37.8 Å². The molecule has 1 aliphatic carbocycles. The Hall–Kier alpha value is -2.61. The predicted octanol–water partition coefficient (Wildman–Crippen LogP) is 2.55. The molecule has 2 atom stereocenters. The van der Waals surface area contributed by atoms with Crippen LogP contribution in [-0.2, 0) is 0 Å². The number of nitrogens with zero attached hydrogens (tertiary/aromatic N) is 3. The van der Waals surface area contributed by atoms with Crippen molar-refractivity contribution in [2.24, 2.45) is 0 Å². The number of hydrogen-bond acceptors (Lipinski definition) is 8. The van der Waals surface area contributed by atoms with Crippen molar-refractivity contribution in [3.05, 3.63) is 55.9 Å². The molecule has 1 aromatic carbocycles. The molecule has 1 aliphatic heterocycles. The first-order valence-electron chi connectivity index (χ1n) is 9.16. The highest BCUT2D eigenvalue weighted by molar-refractivity contribution is 6.37. The Bertz CT molecular complexity index is 1090. The number of benzene rings is 1. The van der Waals surface area contributed by atoms with Crippen molar-refractivity contribution in [1.29, 1.82) is 5.26 Å². The number of aromatic amines is 1. The molecule has 2 aromatic rings. The molecular weight excluding hydrogens is 433 g/mol. The van der Waals surface area contributed by atoms with Gasteiger partial charge < -0.3 is 19.8 Å².